The molecule has 162 valence electrons. The maximum Gasteiger partial charge on any atom is 0.124 e. The molecule has 2 atom stereocenters. The van der Waals surface area contributed by atoms with Crippen LogP contribution in [0.5, 0.6) is 11.5 Å². The summed E-state index contributed by atoms with van der Waals surface area (Å²) in [5, 5.41) is 0. The van der Waals surface area contributed by atoms with E-state index in [1.54, 1.807) is 7.11 Å². The van der Waals surface area contributed by atoms with Gasteiger partial charge in [0.05, 0.1) is 25.3 Å². The molecule has 0 bridgehead atoms. The van der Waals surface area contributed by atoms with Crippen LogP contribution in [0.4, 0.5) is 0 Å². The van der Waals surface area contributed by atoms with Crippen molar-refractivity contribution in [1.29, 1.82) is 0 Å². The Kier molecular flexibility index (Phi) is 12.9. The summed E-state index contributed by atoms with van der Waals surface area (Å²) in [4.78, 5) is 0. The molecule has 0 radical (unpaired) electrons. The minimum Gasteiger partial charge on any atom is -0.496 e. The van der Waals surface area contributed by atoms with E-state index in [9.17, 15) is 4.21 Å². The number of methoxy groups -OCH3 is 1. The van der Waals surface area contributed by atoms with Crippen molar-refractivity contribution in [3.8, 4) is 11.5 Å². The topological polar surface area (TPSA) is 35.5 Å². The van der Waals surface area contributed by atoms with Crippen LogP contribution in [0, 0.1) is 11.8 Å². The predicted molar refractivity (Wildman–Crippen MR) is 122 cm³/mol. The van der Waals surface area contributed by atoms with Gasteiger partial charge >= 0.3 is 0 Å². The Morgan fingerprint density at radius 3 is 2.36 bits per heavy atom. The molecule has 0 N–H and O–H groups in total. The highest BCUT2D eigenvalue weighted by Crippen LogP contribution is 2.31. The summed E-state index contributed by atoms with van der Waals surface area (Å²) < 4.78 is 24.0. The molecule has 0 aliphatic heterocycles. The Hall–Kier alpha value is -0.740. The zero-order valence-corrected chi connectivity index (χ0v) is 20.0. The second-order valence-corrected chi connectivity index (χ2v) is 9.96. The van der Waals surface area contributed by atoms with Gasteiger partial charge in [-0.15, -0.1) is 11.6 Å². The largest absolute Gasteiger partial charge is 0.496 e. The summed E-state index contributed by atoms with van der Waals surface area (Å²) in [5.74, 6) is 4.55. The lowest BCUT2D eigenvalue weighted by Crippen LogP contribution is -2.08. The Labute approximate surface area is 180 Å². The van der Waals surface area contributed by atoms with Crippen molar-refractivity contribution in [3.05, 3.63) is 23.3 Å². The van der Waals surface area contributed by atoms with Gasteiger partial charge in [-0.05, 0) is 36.8 Å². The van der Waals surface area contributed by atoms with Crippen molar-refractivity contribution in [2.75, 3.05) is 19.5 Å². The first-order valence-corrected chi connectivity index (χ1v) is 12.7. The maximum absolute atomic E-state index is 12.4. The zero-order chi connectivity index (χ0) is 20.9. The second-order valence-electron chi connectivity index (χ2n) is 8.11. The van der Waals surface area contributed by atoms with E-state index in [4.69, 9.17) is 21.1 Å². The smallest absolute Gasteiger partial charge is 0.124 e. The number of hydrogen-bond donors (Lipinski definition) is 0. The molecule has 0 aliphatic rings. The second kappa shape index (κ2) is 14.3. The van der Waals surface area contributed by atoms with E-state index in [0.717, 1.165) is 53.6 Å². The highest BCUT2D eigenvalue weighted by atomic mass is 35.5. The van der Waals surface area contributed by atoms with Crippen LogP contribution in [0.25, 0.3) is 0 Å². The first-order valence-electron chi connectivity index (χ1n) is 10.6. The summed E-state index contributed by atoms with van der Waals surface area (Å²) in [6.07, 6.45) is 6.87. The van der Waals surface area contributed by atoms with Crippen molar-refractivity contribution in [2.24, 2.45) is 11.8 Å². The third-order valence-corrected chi connectivity index (χ3v) is 6.66. The maximum atomic E-state index is 12.4. The van der Waals surface area contributed by atoms with Gasteiger partial charge in [0.25, 0.3) is 0 Å². The molecule has 0 amide bonds. The van der Waals surface area contributed by atoms with Gasteiger partial charge in [0, 0.05) is 27.7 Å². The fraction of sp³-hybridized carbons (Fsp3) is 0.739. The van der Waals surface area contributed by atoms with Crippen molar-refractivity contribution >= 4 is 22.4 Å². The molecule has 28 heavy (non-hydrogen) atoms. The standard InChI is InChI=1S/C23H39ClO3S/c1-6-7-13-28(25)17-21-15-22(26-5)20(16-24)14-23(21)27-12-11-19(4)10-8-9-18(2)3/h14-15,18-19H,6-13,16-17H2,1-5H3. The normalized spacial score (nSPS) is 13.5. The zero-order valence-electron chi connectivity index (χ0n) is 18.4. The predicted octanol–water partition coefficient (Wildman–Crippen LogP) is 6.71. The molecule has 0 aromatic heterocycles. The van der Waals surface area contributed by atoms with E-state index in [2.05, 4.69) is 27.7 Å². The van der Waals surface area contributed by atoms with Gasteiger partial charge in [-0.3, -0.25) is 4.21 Å². The fourth-order valence-electron chi connectivity index (χ4n) is 3.13. The molecule has 3 nitrogen and oxygen atoms in total. The van der Waals surface area contributed by atoms with Crippen LogP contribution in [-0.2, 0) is 22.4 Å². The van der Waals surface area contributed by atoms with Crippen molar-refractivity contribution in [1.82, 2.24) is 0 Å². The summed E-state index contributed by atoms with van der Waals surface area (Å²) in [5.41, 5.74) is 1.86. The molecule has 0 saturated heterocycles. The molecule has 1 aromatic carbocycles. The average Bonchev–Trinajstić information content (AvgIpc) is 2.66. The Balaban J connectivity index is 2.74. The minimum absolute atomic E-state index is 0.365. The average molecular weight is 431 g/mol. The lowest BCUT2D eigenvalue weighted by Gasteiger charge is -2.17. The van der Waals surface area contributed by atoms with E-state index in [0.29, 0.717) is 24.2 Å². The van der Waals surface area contributed by atoms with E-state index in [1.165, 1.54) is 19.3 Å². The number of alkyl halides is 1. The first kappa shape index (κ1) is 25.3. The highest BCUT2D eigenvalue weighted by Gasteiger charge is 2.14. The van der Waals surface area contributed by atoms with Crippen LogP contribution in [0.3, 0.4) is 0 Å². The molecular formula is C23H39ClO3S. The first-order chi connectivity index (χ1) is 13.4. The summed E-state index contributed by atoms with van der Waals surface area (Å²) in [6.45, 7) is 9.64. The number of hydrogen-bond acceptors (Lipinski definition) is 3. The molecule has 5 heteroatoms. The fourth-order valence-corrected chi connectivity index (χ4v) is 4.66. The van der Waals surface area contributed by atoms with Crippen LogP contribution in [0.15, 0.2) is 12.1 Å². The van der Waals surface area contributed by atoms with Gasteiger partial charge in [0.15, 0.2) is 0 Å². The summed E-state index contributed by atoms with van der Waals surface area (Å²) >= 11 is 6.08. The monoisotopic (exact) mass is 430 g/mol. The van der Waals surface area contributed by atoms with E-state index >= 15 is 0 Å². The quantitative estimate of drug-likeness (QED) is 0.290. The third kappa shape index (κ3) is 9.65. The molecule has 0 heterocycles. The Morgan fingerprint density at radius 2 is 1.75 bits per heavy atom. The van der Waals surface area contributed by atoms with E-state index in [1.807, 2.05) is 12.1 Å². The lowest BCUT2D eigenvalue weighted by molar-refractivity contribution is 0.273. The minimum atomic E-state index is -0.892. The van der Waals surface area contributed by atoms with E-state index in [-0.39, 0.29) is 0 Å². The SMILES string of the molecule is CCCCS(=O)Cc1cc(OC)c(CCl)cc1OCCC(C)CCCC(C)C. The van der Waals surface area contributed by atoms with Crippen LogP contribution >= 0.6 is 11.6 Å². The molecule has 1 aromatic rings. The number of rotatable bonds is 15. The van der Waals surface area contributed by atoms with Crippen LogP contribution in [0.1, 0.15) is 77.3 Å². The lowest BCUT2D eigenvalue weighted by atomic mass is 9.98. The Bertz CT molecular complexity index is 589. The molecule has 0 fully saturated rings. The summed E-state index contributed by atoms with van der Waals surface area (Å²) in [6, 6.07) is 3.91. The molecule has 0 aliphatic carbocycles. The number of unbranched alkanes of at least 4 members (excludes halogenated alkanes) is 1. The van der Waals surface area contributed by atoms with Crippen molar-refractivity contribution < 1.29 is 13.7 Å². The van der Waals surface area contributed by atoms with Crippen LogP contribution in [0.2, 0.25) is 0 Å². The van der Waals surface area contributed by atoms with Gasteiger partial charge in [-0.1, -0.05) is 53.4 Å². The number of benzene rings is 1. The van der Waals surface area contributed by atoms with Gasteiger partial charge in [-0.2, -0.15) is 0 Å². The van der Waals surface area contributed by atoms with Crippen LogP contribution in [-0.4, -0.2) is 23.7 Å². The molecule has 0 spiro atoms. The molecule has 0 saturated carbocycles. The van der Waals surface area contributed by atoms with E-state index < -0.39 is 10.8 Å². The van der Waals surface area contributed by atoms with Gasteiger partial charge in [0.2, 0.25) is 0 Å². The third-order valence-electron chi connectivity index (χ3n) is 5.00. The van der Waals surface area contributed by atoms with Gasteiger partial charge in [-0.25, -0.2) is 0 Å². The van der Waals surface area contributed by atoms with Crippen molar-refractivity contribution in [2.45, 2.75) is 77.9 Å². The molecule has 1 rings (SSSR count). The molecule has 2 unspecified atom stereocenters. The number of ether oxygens (including phenoxy) is 2. The summed E-state index contributed by atoms with van der Waals surface area (Å²) in [7, 11) is 0.750. The Morgan fingerprint density at radius 1 is 1.04 bits per heavy atom. The van der Waals surface area contributed by atoms with Gasteiger partial charge in [0.1, 0.15) is 11.5 Å². The van der Waals surface area contributed by atoms with Crippen LogP contribution < -0.4 is 9.47 Å². The van der Waals surface area contributed by atoms with Crippen molar-refractivity contribution in [3.63, 3.8) is 0 Å². The molecular weight excluding hydrogens is 392 g/mol. The highest BCUT2D eigenvalue weighted by molar-refractivity contribution is 7.84. The van der Waals surface area contributed by atoms with Gasteiger partial charge < -0.3 is 9.47 Å². The number of halogens is 1.